The van der Waals surface area contributed by atoms with E-state index in [9.17, 15) is 8.42 Å². The maximum atomic E-state index is 12.4. The molecular formula is C12H22BN3O4S. The van der Waals surface area contributed by atoms with E-state index in [0.29, 0.717) is 11.3 Å². The molecule has 0 saturated carbocycles. The van der Waals surface area contributed by atoms with Crippen molar-refractivity contribution in [3.05, 3.63) is 11.8 Å². The van der Waals surface area contributed by atoms with Gasteiger partial charge in [0.25, 0.3) is 0 Å². The second kappa shape index (κ2) is 4.80. The van der Waals surface area contributed by atoms with Crippen LogP contribution in [-0.4, -0.2) is 54.3 Å². The Labute approximate surface area is 126 Å². The third-order valence-corrected chi connectivity index (χ3v) is 5.65. The van der Waals surface area contributed by atoms with Crippen molar-refractivity contribution in [2.45, 2.75) is 45.8 Å². The van der Waals surface area contributed by atoms with Crippen LogP contribution in [0.3, 0.4) is 0 Å². The molecule has 0 unspecified atom stereocenters. The molecule has 1 aliphatic heterocycles. The van der Waals surface area contributed by atoms with Crippen LogP contribution in [-0.2, 0) is 19.5 Å². The van der Waals surface area contributed by atoms with Crippen LogP contribution in [0.1, 0.15) is 33.4 Å². The van der Waals surface area contributed by atoms with Crippen LogP contribution < -0.4 is 5.59 Å². The molecule has 0 amide bonds. The highest BCUT2D eigenvalue weighted by Crippen LogP contribution is 2.36. The molecule has 21 heavy (non-hydrogen) atoms. The minimum atomic E-state index is -3.72. The molecule has 0 radical (unpaired) electrons. The Morgan fingerprint density at radius 1 is 1.19 bits per heavy atom. The van der Waals surface area contributed by atoms with Gasteiger partial charge in [-0.2, -0.15) is 21.9 Å². The molecule has 2 heterocycles. The zero-order chi connectivity index (χ0) is 16.2. The molecule has 118 valence electrons. The second-order valence-electron chi connectivity index (χ2n) is 6.43. The molecule has 1 aliphatic rings. The van der Waals surface area contributed by atoms with Crippen molar-refractivity contribution >= 4 is 22.9 Å². The van der Waals surface area contributed by atoms with E-state index < -0.39 is 28.5 Å². The number of nitrogens with zero attached hydrogens (tertiary/aromatic N) is 3. The molecule has 0 aromatic carbocycles. The van der Waals surface area contributed by atoms with Gasteiger partial charge in [-0.15, -0.1) is 0 Å². The molecule has 1 aromatic heterocycles. The van der Waals surface area contributed by atoms with Gasteiger partial charge in [0.1, 0.15) is 0 Å². The molecule has 0 atom stereocenters. The van der Waals surface area contributed by atoms with E-state index in [1.165, 1.54) is 14.1 Å². The van der Waals surface area contributed by atoms with Gasteiger partial charge < -0.3 is 9.31 Å². The number of aromatic nitrogens is 2. The van der Waals surface area contributed by atoms with Gasteiger partial charge in [-0.3, -0.25) is 0 Å². The first-order valence-electron chi connectivity index (χ1n) is 6.74. The molecule has 1 aromatic rings. The number of hydrogen-bond acceptors (Lipinski definition) is 5. The van der Waals surface area contributed by atoms with Crippen molar-refractivity contribution in [1.82, 2.24) is 13.5 Å². The minimum Gasteiger partial charge on any atom is -0.398 e. The molecule has 2 rings (SSSR count). The van der Waals surface area contributed by atoms with Crippen LogP contribution in [0.25, 0.3) is 0 Å². The van der Waals surface area contributed by atoms with E-state index in [4.69, 9.17) is 9.31 Å². The SMILES string of the molecule is Cc1cc(B2OC(C)(C)C(C)(C)O2)n(S(=O)(=O)N(C)C)n1. The van der Waals surface area contributed by atoms with Crippen LogP contribution in [0.2, 0.25) is 0 Å². The molecule has 0 aliphatic carbocycles. The number of hydrogen-bond donors (Lipinski definition) is 0. The van der Waals surface area contributed by atoms with Crippen molar-refractivity contribution in [2.24, 2.45) is 0 Å². The van der Waals surface area contributed by atoms with Crippen LogP contribution in [0, 0.1) is 6.92 Å². The Morgan fingerprint density at radius 2 is 1.67 bits per heavy atom. The highest BCUT2D eigenvalue weighted by molar-refractivity contribution is 7.87. The normalized spacial score (nSPS) is 21.2. The lowest BCUT2D eigenvalue weighted by atomic mass is 9.85. The lowest BCUT2D eigenvalue weighted by molar-refractivity contribution is 0.00578. The lowest BCUT2D eigenvalue weighted by Gasteiger charge is -2.32. The Balaban J connectivity index is 2.49. The first-order valence-corrected chi connectivity index (χ1v) is 8.13. The molecule has 0 bridgehead atoms. The van der Waals surface area contributed by atoms with Crippen molar-refractivity contribution in [1.29, 1.82) is 0 Å². The maximum Gasteiger partial charge on any atom is 0.515 e. The summed E-state index contributed by atoms with van der Waals surface area (Å²) in [6, 6.07) is 1.67. The predicted molar refractivity (Wildman–Crippen MR) is 80.7 cm³/mol. The van der Waals surface area contributed by atoms with Crippen LogP contribution in [0.4, 0.5) is 0 Å². The lowest BCUT2D eigenvalue weighted by Crippen LogP contribution is -2.45. The van der Waals surface area contributed by atoms with E-state index in [1.54, 1.807) is 13.0 Å². The maximum absolute atomic E-state index is 12.4. The van der Waals surface area contributed by atoms with E-state index in [-0.39, 0.29) is 0 Å². The van der Waals surface area contributed by atoms with Crippen LogP contribution >= 0.6 is 0 Å². The van der Waals surface area contributed by atoms with E-state index in [0.717, 1.165) is 8.39 Å². The van der Waals surface area contributed by atoms with Crippen LogP contribution in [0.15, 0.2) is 6.07 Å². The largest absolute Gasteiger partial charge is 0.515 e. The first kappa shape index (κ1) is 16.5. The Bertz CT molecular complexity index is 635. The third kappa shape index (κ3) is 2.63. The first-order chi connectivity index (χ1) is 9.38. The number of rotatable bonds is 3. The molecule has 9 heteroatoms. The summed E-state index contributed by atoms with van der Waals surface area (Å²) in [5.41, 5.74) is -0.115. The van der Waals surface area contributed by atoms with Gasteiger partial charge in [0.2, 0.25) is 0 Å². The van der Waals surface area contributed by atoms with Crippen molar-refractivity contribution in [2.75, 3.05) is 14.1 Å². The van der Waals surface area contributed by atoms with Gasteiger partial charge in [0, 0.05) is 14.1 Å². The summed E-state index contributed by atoms with van der Waals surface area (Å²) in [4.78, 5) is 0. The van der Waals surface area contributed by atoms with Crippen molar-refractivity contribution in [3.63, 3.8) is 0 Å². The smallest absolute Gasteiger partial charge is 0.398 e. The fourth-order valence-electron chi connectivity index (χ4n) is 1.96. The molecule has 1 saturated heterocycles. The molecule has 7 nitrogen and oxygen atoms in total. The van der Waals surface area contributed by atoms with E-state index in [2.05, 4.69) is 5.10 Å². The predicted octanol–water partition coefficient (Wildman–Crippen LogP) is 0.145. The van der Waals surface area contributed by atoms with Gasteiger partial charge in [-0.1, -0.05) is 0 Å². The van der Waals surface area contributed by atoms with Gasteiger partial charge in [0.05, 0.1) is 22.5 Å². The average Bonchev–Trinajstić information content (AvgIpc) is 2.78. The van der Waals surface area contributed by atoms with Gasteiger partial charge >= 0.3 is 17.3 Å². The third-order valence-electron chi connectivity index (χ3n) is 4.00. The zero-order valence-electron chi connectivity index (χ0n) is 13.5. The summed E-state index contributed by atoms with van der Waals surface area (Å²) in [5, 5.41) is 4.07. The fraction of sp³-hybridized carbons (Fsp3) is 0.750. The molecular weight excluding hydrogens is 293 g/mol. The highest BCUT2D eigenvalue weighted by Gasteiger charge is 2.53. The van der Waals surface area contributed by atoms with Crippen molar-refractivity contribution in [3.8, 4) is 0 Å². The average molecular weight is 315 g/mol. The van der Waals surface area contributed by atoms with E-state index in [1.807, 2.05) is 27.7 Å². The summed E-state index contributed by atoms with van der Waals surface area (Å²) < 4.78 is 38.6. The molecule has 1 fully saturated rings. The van der Waals surface area contributed by atoms with Gasteiger partial charge in [-0.05, 0) is 40.7 Å². The van der Waals surface area contributed by atoms with Gasteiger partial charge in [0.15, 0.2) is 0 Å². The second-order valence-corrected chi connectivity index (χ2v) is 8.40. The quantitative estimate of drug-likeness (QED) is 0.742. The highest BCUT2D eigenvalue weighted by atomic mass is 32.2. The van der Waals surface area contributed by atoms with Crippen molar-refractivity contribution < 1.29 is 17.7 Å². The topological polar surface area (TPSA) is 73.7 Å². The summed E-state index contributed by atoms with van der Waals surface area (Å²) in [6.07, 6.45) is 0. The summed E-state index contributed by atoms with van der Waals surface area (Å²) in [5.74, 6) is 0. The Hall–Kier alpha value is -0.895. The fourth-order valence-corrected chi connectivity index (χ4v) is 2.91. The summed E-state index contributed by atoms with van der Waals surface area (Å²) in [7, 11) is -1.57. The Morgan fingerprint density at radius 3 is 2.10 bits per heavy atom. The summed E-state index contributed by atoms with van der Waals surface area (Å²) >= 11 is 0. The minimum absolute atomic E-state index is 0.375. The van der Waals surface area contributed by atoms with Crippen LogP contribution in [0.5, 0.6) is 0 Å². The van der Waals surface area contributed by atoms with Gasteiger partial charge in [-0.25, -0.2) is 0 Å². The zero-order valence-corrected chi connectivity index (χ0v) is 14.4. The van der Waals surface area contributed by atoms with E-state index >= 15 is 0 Å². The number of aryl methyl sites for hydroxylation is 1. The standard InChI is InChI=1S/C12H22BN3O4S/c1-9-8-10(16(14-9)21(17,18)15(6)7)13-19-11(2,3)12(4,5)20-13/h8H,1-7H3. The monoisotopic (exact) mass is 315 g/mol. The summed E-state index contributed by atoms with van der Waals surface area (Å²) in [6.45, 7) is 9.40. The molecule has 0 N–H and O–H groups in total. The molecule has 0 spiro atoms. The Kier molecular flexibility index (Phi) is 3.77.